The summed E-state index contributed by atoms with van der Waals surface area (Å²) in [6.45, 7) is 20.7. The van der Waals surface area contributed by atoms with Crippen molar-refractivity contribution in [2.24, 2.45) is 0 Å². The molecule has 0 unspecified atom stereocenters. The molecule has 0 aliphatic rings. The second-order valence-electron chi connectivity index (χ2n) is 19.9. The molecule has 10 rings (SSSR count). The Kier molecular flexibility index (Phi) is 8.57. The highest BCUT2D eigenvalue weighted by molar-refractivity contribution is 6.27. The van der Waals surface area contributed by atoms with Crippen LogP contribution in [0.3, 0.4) is 0 Å². The van der Waals surface area contributed by atoms with Crippen LogP contribution in [0.15, 0.2) is 164 Å². The Labute approximate surface area is 355 Å². The van der Waals surface area contributed by atoms with Crippen molar-refractivity contribution >= 4 is 71.2 Å². The lowest BCUT2D eigenvalue weighted by atomic mass is 9.79. The fourth-order valence-electron chi connectivity index (χ4n) is 9.34. The highest BCUT2D eigenvalue weighted by Crippen LogP contribution is 2.46. The lowest BCUT2D eigenvalue weighted by Gasteiger charge is -2.29. The van der Waals surface area contributed by atoms with Crippen molar-refractivity contribution in [1.82, 2.24) is 4.57 Å². The van der Waals surface area contributed by atoms with Crippen LogP contribution in [0.4, 0.5) is 17.1 Å². The van der Waals surface area contributed by atoms with Gasteiger partial charge in [0.15, 0.2) is 0 Å². The number of benzene rings is 9. The molecule has 10 aromatic rings. The topological polar surface area (TPSA) is 8.17 Å². The normalized spacial score (nSPS) is 12.8. The monoisotopic (exact) mass is 778 g/mol. The van der Waals surface area contributed by atoms with E-state index >= 15 is 0 Å². The number of nitrogens with zero attached hydrogens (tertiary/aromatic N) is 2. The Hall–Kier alpha value is -6.38. The molecule has 0 aliphatic carbocycles. The van der Waals surface area contributed by atoms with Crippen LogP contribution >= 0.6 is 0 Å². The molecule has 0 bridgehead atoms. The number of anilines is 3. The van der Waals surface area contributed by atoms with Gasteiger partial charge in [-0.05, 0) is 114 Å². The zero-order chi connectivity index (χ0) is 41.7. The summed E-state index contributed by atoms with van der Waals surface area (Å²) in [7, 11) is 0. The van der Waals surface area contributed by atoms with Gasteiger partial charge in [0.25, 0.3) is 0 Å². The third-order valence-corrected chi connectivity index (χ3v) is 12.8. The van der Waals surface area contributed by atoms with Crippen molar-refractivity contribution in [3.63, 3.8) is 0 Å². The standard InChI is InChI=1S/C58H54N2/c1-56(2,3)41-24-28-45(29-25-41)59(44-26-18-37(19-27-44)40-34-42(57(4,5)6)36-43(35-40)58(7,8)9)52-32-22-38-21-31-49-53(33-23-39-20-30-48(52)54(38)55(39)49)60-50-16-12-10-14-46(50)47-15-11-13-17-51(47)60/h10-36H,1-9H3. The average Bonchev–Trinajstić information content (AvgIpc) is 3.57. The Morgan fingerprint density at radius 1 is 0.367 bits per heavy atom. The number of fused-ring (bicyclic) bond motifs is 3. The summed E-state index contributed by atoms with van der Waals surface area (Å²) in [6, 6.07) is 61.8. The van der Waals surface area contributed by atoms with Crippen molar-refractivity contribution in [2.45, 2.75) is 78.6 Å². The molecule has 0 aliphatic heterocycles. The minimum absolute atomic E-state index is 0.0468. The van der Waals surface area contributed by atoms with Gasteiger partial charge in [-0.25, -0.2) is 0 Å². The van der Waals surface area contributed by atoms with E-state index in [1.54, 1.807) is 0 Å². The summed E-state index contributed by atoms with van der Waals surface area (Å²) in [5.41, 5.74) is 13.8. The molecule has 0 atom stereocenters. The van der Waals surface area contributed by atoms with Crippen LogP contribution in [0.2, 0.25) is 0 Å². The third-order valence-electron chi connectivity index (χ3n) is 12.8. The number of para-hydroxylation sites is 2. The highest BCUT2D eigenvalue weighted by atomic mass is 15.1. The summed E-state index contributed by atoms with van der Waals surface area (Å²) >= 11 is 0. The fraction of sp³-hybridized carbons (Fsp3) is 0.207. The second kappa shape index (κ2) is 13.6. The highest BCUT2D eigenvalue weighted by Gasteiger charge is 2.24. The molecule has 0 saturated heterocycles. The number of hydrogen-bond donors (Lipinski definition) is 0. The van der Waals surface area contributed by atoms with Gasteiger partial charge in [0.2, 0.25) is 0 Å². The molecular formula is C58H54N2. The molecule has 1 heterocycles. The molecule has 1 aromatic heterocycles. The molecule has 0 saturated carbocycles. The molecule has 60 heavy (non-hydrogen) atoms. The van der Waals surface area contributed by atoms with E-state index in [1.165, 1.54) is 93.3 Å². The maximum absolute atomic E-state index is 2.46. The van der Waals surface area contributed by atoms with Crippen LogP contribution in [0.25, 0.3) is 70.9 Å². The van der Waals surface area contributed by atoms with Crippen LogP contribution in [0, 0.1) is 0 Å². The first-order valence-electron chi connectivity index (χ1n) is 21.5. The van der Waals surface area contributed by atoms with Gasteiger partial charge in [-0.2, -0.15) is 0 Å². The van der Waals surface area contributed by atoms with E-state index in [9.17, 15) is 0 Å². The van der Waals surface area contributed by atoms with E-state index < -0.39 is 0 Å². The van der Waals surface area contributed by atoms with Crippen LogP contribution < -0.4 is 4.90 Å². The summed E-state index contributed by atoms with van der Waals surface area (Å²) in [5.74, 6) is 0. The SMILES string of the molecule is CC(C)(C)c1ccc(N(c2ccc(-c3cc(C(C)(C)C)cc(C(C)(C)C)c3)cc2)c2ccc3ccc4c(-n5c6ccccc6c6ccccc65)ccc5ccc2c3c54)cc1. The quantitative estimate of drug-likeness (QED) is 0.158. The van der Waals surface area contributed by atoms with Gasteiger partial charge in [-0.15, -0.1) is 0 Å². The van der Waals surface area contributed by atoms with Gasteiger partial charge in [0.05, 0.1) is 22.4 Å². The largest absolute Gasteiger partial charge is 0.310 e. The molecular weight excluding hydrogens is 725 g/mol. The Bertz CT molecular complexity index is 3140. The molecule has 2 nitrogen and oxygen atoms in total. The van der Waals surface area contributed by atoms with E-state index in [0.717, 1.165) is 11.4 Å². The molecule has 0 radical (unpaired) electrons. The number of aromatic nitrogens is 1. The minimum atomic E-state index is 0.0468. The first-order chi connectivity index (χ1) is 28.6. The maximum Gasteiger partial charge on any atom is 0.0541 e. The van der Waals surface area contributed by atoms with Crippen molar-refractivity contribution in [3.05, 3.63) is 180 Å². The van der Waals surface area contributed by atoms with E-state index in [0.29, 0.717) is 0 Å². The van der Waals surface area contributed by atoms with Gasteiger partial charge in [0, 0.05) is 32.9 Å². The predicted octanol–water partition coefficient (Wildman–Crippen LogP) is 16.7. The summed E-state index contributed by atoms with van der Waals surface area (Å²) in [4.78, 5) is 2.46. The smallest absolute Gasteiger partial charge is 0.0541 e. The molecule has 2 heteroatoms. The van der Waals surface area contributed by atoms with E-state index in [4.69, 9.17) is 0 Å². The number of hydrogen-bond acceptors (Lipinski definition) is 1. The van der Waals surface area contributed by atoms with Crippen LogP contribution in [0.1, 0.15) is 79.0 Å². The van der Waals surface area contributed by atoms with Crippen LogP contribution in [0.5, 0.6) is 0 Å². The van der Waals surface area contributed by atoms with E-state index in [-0.39, 0.29) is 16.2 Å². The average molecular weight is 779 g/mol. The third kappa shape index (κ3) is 6.24. The van der Waals surface area contributed by atoms with Crippen molar-refractivity contribution < 1.29 is 0 Å². The second-order valence-corrected chi connectivity index (χ2v) is 19.9. The van der Waals surface area contributed by atoms with Gasteiger partial charge < -0.3 is 9.47 Å². The number of rotatable bonds is 5. The Morgan fingerprint density at radius 2 is 0.833 bits per heavy atom. The molecule has 0 N–H and O–H groups in total. The molecule has 0 spiro atoms. The summed E-state index contributed by atoms with van der Waals surface area (Å²) in [5, 5.41) is 10.1. The molecule has 0 amide bonds. The summed E-state index contributed by atoms with van der Waals surface area (Å²) in [6.07, 6.45) is 0. The van der Waals surface area contributed by atoms with Crippen molar-refractivity contribution in [3.8, 4) is 16.8 Å². The van der Waals surface area contributed by atoms with Crippen molar-refractivity contribution in [1.29, 1.82) is 0 Å². The molecule has 296 valence electrons. The van der Waals surface area contributed by atoms with Crippen molar-refractivity contribution in [2.75, 3.05) is 4.90 Å². The van der Waals surface area contributed by atoms with Gasteiger partial charge in [-0.1, -0.05) is 178 Å². The van der Waals surface area contributed by atoms with Crippen LogP contribution in [-0.2, 0) is 16.2 Å². The van der Waals surface area contributed by atoms with Gasteiger partial charge in [0.1, 0.15) is 0 Å². The predicted molar refractivity (Wildman–Crippen MR) is 261 cm³/mol. The lowest BCUT2D eigenvalue weighted by Crippen LogP contribution is -2.16. The lowest BCUT2D eigenvalue weighted by molar-refractivity contribution is 0.569. The Morgan fingerprint density at radius 3 is 1.38 bits per heavy atom. The van der Waals surface area contributed by atoms with Gasteiger partial charge >= 0.3 is 0 Å². The summed E-state index contributed by atoms with van der Waals surface area (Å²) < 4.78 is 2.46. The van der Waals surface area contributed by atoms with Gasteiger partial charge in [-0.3, -0.25) is 0 Å². The van der Waals surface area contributed by atoms with E-state index in [1.807, 2.05) is 0 Å². The zero-order valence-corrected chi connectivity index (χ0v) is 36.5. The van der Waals surface area contributed by atoms with Crippen LogP contribution in [-0.4, -0.2) is 4.57 Å². The fourth-order valence-corrected chi connectivity index (χ4v) is 9.34. The maximum atomic E-state index is 2.46. The van der Waals surface area contributed by atoms with E-state index in [2.05, 4.69) is 236 Å². The Balaban J connectivity index is 1.18. The molecule has 0 fully saturated rings. The first-order valence-corrected chi connectivity index (χ1v) is 21.5. The minimum Gasteiger partial charge on any atom is -0.310 e. The zero-order valence-electron chi connectivity index (χ0n) is 36.5. The molecule has 9 aromatic carbocycles. The first kappa shape index (κ1) is 37.9.